The number of aliphatic hydroxyl groups is 1. The smallest absolute Gasteiger partial charge is 0.241 e. The Morgan fingerprint density at radius 1 is 1.18 bits per heavy atom. The summed E-state index contributed by atoms with van der Waals surface area (Å²) in [5.74, 6) is 0.435. The SMILES string of the molecule is CC(C)(O)c1ccc2c(c1)/C(=C\CCN1CCN(c3ccc(Cl)cc3)C(C(N)=O)C1)c1cccnc1CO2. The summed E-state index contributed by atoms with van der Waals surface area (Å²) in [5.41, 5.74) is 10.5. The summed E-state index contributed by atoms with van der Waals surface area (Å²) in [6, 6.07) is 17.0. The second-order valence-electron chi connectivity index (χ2n) is 10.4. The number of nitrogens with two attached hydrogens (primary N) is 1. The second kappa shape index (κ2) is 10.8. The minimum atomic E-state index is -0.974. The van der Waals surface area contributed by atoms with E-state index in [1.54, 1.807) is 20.0 Å². The maximum Gasteiger partial charge on any atom is 0.241 e. The molecule has 2 aliphatic rings. The molecule has 7 nitrogen and oxygen atoms in total. The van der Waals surface area contributed by atoms with Gasteiger partial charge in [0.15, 0.2) is 0 Å². The zero-order chi connectivity index (χ0) is 26.9. The van der Waals surface area contributed by atoms with Gasteiger partial charge in [-0.05, 0) is 73.9 Å². The first kappa shape index (κ1) is 26.2. The fourth-order valence-electron chi connectivity index (χ4n) is 5.18. The maximum atomic E-state index is 12.4. The highest BCUT2D eigenvalue weighted by molar-refractivity contribution is 6.30. The number of rotatable bonds is 6. The van der Waals surface area contributed by atoms with Gasteiger partial charge in [0.2, 0.25) is 5.91 Å². The van der Waals surface area contributed by atoms with Crippen LogP contribution in [0.15, 0.2) is 66.9 Å². The standard InChI is InChI=1S/C30H33ClN4O3/c1-30(2,37)20-7-12-28-25(17-20)23(24-5-3-13-33-26(24)19-38-28)6-4-14-34-15-16-35(27(18-34)29(32)36)22-10-8-21(31)9-11-22/h3,5-13,17,27,37H,4,14-16,18-19H2,1-2H3,(H2,32,36)/b23-6-. The number of benzene rings is 2. The molecule has 2 aliphatic heterocycles. The molecule has 1 atom stereocenters. The highest BCUT2D eigenvalue weighted by Gasteiger charge is 2.31. The predicted molar refractivity (Wildman–Crippen MR) is 150 cm³/mol. The number of aromatic nitrogens is 1. The Labute approximate surface area is 228 Å². The van der Waals surface area contributed by atoms with Gasteiger partial charge in [-0.3, -0.25) is 14.7 Å². The van der Waals surface area contributed by atoms with Crippen LogP contribution in [0, 0.1) is 0 Å². The van der Waals surface area contributed by atoms with Crippen molar-refractivity contribution < 1.29 is 14.6 Å². The minimum Gasteiger partial charge on any atom is -0.487 e. The normalized spacial score (nSPS) is 18.9. The molecule has 0 bridgehead atoms. The number of piperazine rings is 1. The molecule has 0 spiro atoms. The molecule has 0 aliphatic carbocycles. The number of hydrogen-bond donors (Lipinski definition) is 2. The van der Waals surface area contributed by atoms with Crippen molar-refractivity contribution in [3.05, 3.63) is 94.3 Å². The van der Waals surface area contributed by atoms with Crippen LogP contribution in [-0.2, 0) is 17.0 Å². The second-order valence-corrected chi connectivity index (χ2v) is 10.8. The molecule has 1 unspecified atom stereocenters. The zero-order valence-corrected chi connectivity index (χ0v) is 22.5. The molecule has 0 saturated carbocycles. The largest absolute Gasteiger partial charge is 0.487 e. The summed E-state index contributed by atoms with van der Waals surface area (Å²) in [5, 5.41) is 11.3. The Hall–Kier alpha value is -3.39. The molecule has 1 fully saturated rings. The van der Waals surface area contributed by atoms with E-state index in [9.17, 15) is 9.90 Å². The van der Waals surface area contributed by atoms with Crippen LogP contribution >= 0.6 is 11.6 Å². The number of pyridine rings is 1. The number of amides is 1. The van der Waals surface area contributed by atoms with Crippen molar-refractivity contribution in [2.45, 2.75) is 38.5 Å². The Balaban J connectivity index is 1.38. The molecule has 1 amide bonds. The van der Waals surface area contributed by atoms with Gasteiger partial charge in [0.1, 0.15) is 18.4 Å². The van der Waals surface area contributed by atoms with Crippen molar-refractivity contribution in [3.8, 4) is 5.75 Å². The number of hydrogen-bond acceptors (Lipinski definition) is 6. The summed E-state index contributed by atoms with van der Waals surface area (Å²) >= 11 is 6.05. The van der Waals surface area contributed by atoms with Crippen LogP contribution in [0.1, 0.15) is 42.7 Å². The van der Waals surface area contributed by atoms with Crippen LogP contribution in [0.2, 0.25) is 5.02 Å². The fraction of sp³-hybridized carbons (Fsp3) is 0.333. The Bertz CT molecular complexity index is 1350. The third-order valence-electron chi connectivity index (χ3n) is 7.27. The lowest BCUT2D eigenvalue weighted by Gasteiger charge is -2.41. The van der Waals surface area contributed by atoms with E-state index >= 15 is 0 Å². The highest BCUT2D eigenvalue weighted by Crippen LogP contribution is 2.38. The maximum absolute atomic E-state index is 12.4. The van der Waals surface area contributed by atoms with E-state index in [4.69, 9.17) is 22.1 Å². The van der Waals surface area contributed by atoms with E-state index < -0.39 is 11.6 Å². The van der Waals surface area contributed by atoms with E-state index in [0.29, 0.717) is 24.7 Å². The molecule has 198 valence electrons. The molecule has 1 aromatic heterocycles. The zero-order valence-electron chi connectivity index (χ0n) is 21.7. The number of fused-ring (bicyclic) bond motifs is 2. The first-order chi connectivity index (χ1) is 18.2. The average Bonchev–Trinajstić information content (AvgIpc) is 3.05. The van der Waals surface area contributed by atoms with E-state index in [1.807, 2.05) is 48.5 Å². The minimum absolute atomic E-state index is 0.336. The summed E-state index contributed by atoms with van der Waals surface area (Å²) in [6.45, 7) is 6.80. The lowest BCUT2D eigenvalue weighted by molar-refractivity contribution is -0.120. The molecule has 3 N–H and O–H groups in total. The third kappa shape index (κ3) is 5.55. The van der Waals surface area contributed by atoms with Crippen molar-refractivity contribution in [3.63, 3.8) is 0 Å². The molecule has 3 heterocycles. The Morgan fingerprint density at radius 3 is 2.71 bits per heavy atom. The molecule has 1 saturated heterocycles. The topological polar surface area (TPSA) is 91.9 Å². The van der Waals surface area contributed by atoms with Crippen LogP contribution in [0.25, 0.3) is 5.57 Å². The van der Waals surface area contributed by atoms with Crippen LogP contribution in [0.4, 0.5) is 5.69 Å². The fourth-order valence-corrected chi connectivity index (χ4v) is 5.30. The lowest BCUT2D eigenvalue weighted by Crippen LogP contribution is -2.58. The Morgan fingerprint density at radius 2 is 1.97 bits per heavy atom. The molecule has 2 aromatic carbocycles. The van der Waals surface area contributed by atoms with Crippen LogP contribution in [-0.4, -0.2) is 53.1 Å². The molecule has 8 heteroatoms. The van der Waals surface area contributed by atoms with Crippen LogP contribution in [0.5, 0.6) is 5.75 Å². The van der Waals surface area contributed by atoms with E-state index in [0.717, 1.165) is 58.9 Å². The van der Waals surface area contributed by atoms with Crippen molar-refractivity contribution in [2.75, 3.05) is 31.1 Å². The number of carbonyl (C=O) groups excluding carboxylic acids is 1. The van der Waals surface area contributed by atoms with Crippen molar-refractivity contribution in [1.29, 1.82) is 0 Å². The Kier molecular flexibility index (Phi) is 7.43. The van der Waals surface area contributed by atoms with Crippen LogP contribution in [0.3, 0.4) is 0 Å². The van der Waals surface area contributed by atoms with Gasteiger partial charge in [0, 0.05) is 54.2 Å². The van der Waals surface area contributed by atoms with Crippen LogP contribution < -0.4 is 15.4 Å². The van der Waals surface area contributed by atoms with Gasteiger partial charge in [-0.25, -0.2) is 0 Å². The first-order valence-corrected chi connectivity index (χ1v) is 13.3. The van der Waals surface area contributed by atoms with Gasteiger partial charge in [-0.15, -0.1) is 0 Å². The number of nitrogens with zero attached hydrogens (tertiary/aromatic N) is 3. The number of primary amides is 1. The van der Waals surface area contributed by atoms with Gasteiger partial charge in [-0.1, -0.05) is 29.8 Å². The summed E-state index contributed by atoms with van der Waals surface area (Å²) < 4.78 is 6.11. The highest BCUT2D eigenvalue weighted by atomic mass is 35.5. The molecule has 5 rings (SSSR count). The lowest BCUT2D eigenvalue weighted by atomic mass is 9.90. The van der Waals surface area contributed by atoms with Crippen molar-refractivity contribution >= 4 is 28.8 Å². The van der Waals surface area contributed by atoms with Gasteiger partial charge in [0.25, 0.3) is 0 Å². The summed E-state index contributed by atoms with van der Waals surface area (Å²) in [7, 11) is 0. The van der Waals surface area contributed by atoms with Gasteiger partial charge >= 0.3 is 0 Å². The van der Waals surface area contributed by atoms with E-state index in [1.165, 1.54) is 0 Å². The number of carbonyl (C=O) groups is 1. The monoisotopic (exact) mass is 532 g/mol. The summed E-state index contributed by atoms with van der Waals surface area (Å²) in [6.07, 6.45) is 4.76. The molecule has 3 aromatic rings. The quantitative estimate of drug-likeness (QED) is 0.490. The van der Waals surface area contributed by atoms with E-state index in [2.05, 4.69) is 26.9 Å². The van der Waals surface area contributed by atoms with Crippen molar-refractivity contribution in [1.82, 2.24) is 9.88 Å². The predicted octanol–water partition coefficient (Wildman–Crippen LogP) is 4.35. The molecule has 0 radical (unpaired) electrons. The number of halogens is 1. The third-order valence-corrected chi connectivity index (χ3v) is 7.52. The average molecular weight is 533 g/mol. The number of anilines is 1. The van der Waals surface area contributed by atoms with E-state index in [-0.39, 0.29) is 5.91 Å². The molecular weight excluding hydrogens is 500 g/mol. The first-order valence-electron chi connectivity index (χ1n) is 12.9. The number of ether oxygens (including phenoxy) is 1. The van der Waals surface area contributed by atoms with Gasteiger partial charge < -0.3 is 20.5 Å². The van der Waals surface area contributed by atoms with Gasteiger partial charge in [-0.2, -0.15) is 0 Å². The molecule has 38 heavy (non-hydrogen) atoms. The summed E-state index contributed by atoms with van der Waals surface area (Å²) in [4.78, 5) is 21.3. The van der Waals surface area contributed by atoms with Gasteiger partial charge in [0.05, 0.1) is 11.3 Å². The molecular formula is C30H33ClN4O3. The van der Waals surface area contributed by atoms with Crippen molar-refractivity contribution in [2.24, 2.45) is 5.73 Å².